The first-order valence-electron chi connectivity index (χ1n) is 10.3. The fourth-order valence-electron chi connectivity index (χ4n) is 2.93. The molecule has 3 amide bonds. The van der Waals surface area contributed by atoms with E-state index in [1.54, 1.807) is 48.5 Å². The minimum atomic E-state index is -3.52. The van der Waals surface area contributed by atoms with Gasteiger partial charge < -0.3 is 10.6 Å². The molecule has 0 heterocycles. The Balaban J connectivity index is 1.27. The van der Waals surface area contributed by atoms with Gasteiger partial charge in [0.25, 0.3) is 5.91 Å². The van der Waals surface area contributed by atoms with E-state index in [4.69, 9.17) is 0 Å². The van der Waals surface area contributed by atoms with Crippen molar-refractivity contribution in [1.29, 1.82) is 0 Å². The minimum Gasteiger partial charge on any atom is -0.308 e. The Morgan fingerprint density at radius 3 is 1.91 bits per heavy atom. The molecule has 33 heavy (non-hydrogen) atoms. The molecule has 0 aromatic heterocycles. The number of rotatable bonds is 8. The van der Waals surface area contributed by atoms with Gasteiger partial charge in [0.2, 0.25) is 10.0 Å². The number of nitrogens with one attached hydrogen (secondary N) is 5. The number of para-hydroxylation sites is 1. The van der Waals surface area contributed by atoms with Crippen molar-refractivity contribution in [3.8, 4) is 0 Å². The average molecular weight is 466 g/mol. The van der Waals surface area contributed by atoms with E-state index < -0.39 is 16.1 Å². The Hall–Kier alpha value is -3.89. The lowest BCUT2D eigenvalue weighted by Crippen LogP contribution is -2.29. The third kappa shape index (κ3) is 6.31. The van der Waals surface area contributed by atoms with Crippen molar-refractivity contribution in [2.75, 3.05) is 16.1 Å². The van der Waals surface area contributed by atoms with Crippen LogP contribution in [0.25, 0.3) is 0 Å². The summed E-state index contributed by atoms with van der Waals surface area (Å²) in [5, 5.41) is 5.41. The molecule has 0 saturated heterocycles. The van der Waals surface area contributed by atoms with Crippen molar-refractivity contribution in [2.45, 2.75) is 23.8 Å². The number of carbonyl (C=O) groups excluding carboxylic acids is 2. The Labute approximate surface area is 191 Å². The molecule has 1 aliphatic rings. The molecule has 3 aromatic carbocycles. The summed E-state index contributed by atoms with van der Waals surface area (Å²) in [5.41, 5.74) is 7.42. The third-order valence-corrected chi connectivity index (χ3v) is 6.36. The summed E-state index contributed by atoms with van der Waals surface area (Å²) in [6, 6.07) is 21.2. The number of amides is 3. The molecule has 10 heteroatoms. The highest BCUT2D eigenvalue weighted by atomic mass is 32.2. The lowest BCUT2D eigenvalue weighted by Gasteiger charge is -2.11. The van der Waals surface area contributed by atoms with E-state index in [0.29, 0.717) is 22.6 Å². The third-order valence-electron chi connectivity index (χ3n) is 4.82. The summed E-state index contributed by atoms with van der Waals surface area (Å²) < 4.78 is 27.0. The fraction of sp³-hybridized carbons (Fsp3) is 0.130. The second kappa shape index (κ2) is 9.72. The van der Waals surface area contributed by atoms with Gasteiger partial charge in [-0.2, -0.15) is 0 Å². The summed E-state index contributed by atoms with van der Waals surface area (Å²) in [6.45, 7) is 0. The number of benzene rings is 3. The van der Waals surface area contributed by atoms with Gasteiger partial charge in [-0.05, 0) is 73.5 Å². The van der Waals surface area contributed by atoms with Crippen LogP contribution in [-0.4, -0.2) is 26.4 Å². The van der Waals surface area contributed by atoms with Gasteiger partial charge in [0.1, 0.15) is 0 Å². The maximum absolute atomic E-state index is 12.4. The normalized spacial score (nSPS) is 13.1. The molecule has 170 valence electrons. The summed E-state index contributed by atoms with van der Waals surface area (Å²) in [4.78, 5) is 24.6. The lowest BCUT2D eigenvalue weighted by molar-refractivity contribution is 0.0962. The first kappa shape index (κ1) is 22.3. The predicted molar refractivity (Wildman–Crippen MR) is 126 cm³/mol. The number of sulfonamides is 1. The van der Waals surface area contributed by atoms with Gasteiger partial charge >= 0.3 is 6.03 Å². The monoisotopic (exact) mass is 465 g/mol. The van der Waals surface area contributed by atoms with Crippen LogP contribution in [-0.2, 0) is 10.0 Å². The van der Waals surface area contributed by atoms with Crippen LogP contribution in [0.2, 0.25) is 0 Å². The summed E-state index contributed by atoms with van der Waals surface area (Å²) in [6.07, 6.45) is 1.73. The second-order valence-electron chi connectivity index (χ2n) is 7.52. The Morgan fingerprint density at radius 2 is 1.30 bits per heavy atom. The predicted octanol–water partition coefficient (Wildman–Crippen LogP) is 3.53. The van der Waals surface area contributed by atoms with Gasteiger partial charge in [0.05, 0.1) is 10.6 Å². The zero-order valence-electron chi connectivity index (χ0n) is 17.5. The van der Waals surface area contributed by atoms with Crippen molar-refractivity contribution < 1.29 is 18.0 Å². The standard InChI is InChI=1S/C23H23N5O4S/c29-22(27-26-19-12-14-21(15-13-19)33(31,32)28-20-10-11-20)16-6-8-18(9-7-16)25-23(30)24-17-4-2-1-3-5-17/h1-9,12-15,20,26,28H,10-11H2,(H,27,29)(H2,24,25,30). The average Bonchev–Trinajstić information content (AvgIpc) is 3.62. The highest BCUT2D eigenvalue weighted by molar-refractivity contribution is 7.89. The lowest BCUT2D eigenvalue weighted by atomic mass is 10.2. The summed E-state index contributed by atoms with van der Waals surface area (Å²) >= 11 is 0. The number of hydrogen-bond donors (Lipinski definition) is 5. The van der Waals surface area contributed by atoms with Crippen LogP contribution in [0.3, 0.4) is 0 Å². The van der Waals surface area contributed by atoms with Crippen LogP contribution in [0.1, 0.15) is 23.2 Å². The zero-order chi connectivity index (χ0) is 23.3. The quantitative estimate of drug-likeness (QED) is 0.325. The first-order chi connectivity index (χ1) is 15.9. The van der Waals surface area contributed by atoms with Crippen LogP contribution in [0, 0.1) is 0 Å². The van der Waals surface area contributed by atoms with Crippen molar-refractivity contribution in [2.24, 2.45) is 0 Å². The van der Waals surface area contributed by atoms with Gasteiger partial charge in [-0.15, -0.1) is 0 Å². The first-order valence-corrected chi connectivity index (χ1v) is 11.8. The van der Waals surface area contributed by atoms with Crippen LogP contribution in [0.15, 0.2) is 83.8 Å². The van der Waals surface area contributed by atoms with Crippen molar-refractivity contribution in [3.05, 3.63) is 84.4 Å². The summed E-state index contributed by atoms with van der Waals surface area (Å²) in [5.74, 6) is -0.387. The molecule has 0 spiro atoms. The molecule has 0 unspecified atom stereocenters. The largest absolute Gasteiger partial charge is 0.323 e. The maximum atomic E-state index is 12.4. The van der Waals surface area contributed by atoms with Gasteiger partial charge in [0.15, 0.2) is 0 Å². The van der Waals surface area contributed by atoms with E-state index in [1.165, 1.54) is 12.1 Å². The van der Waals surface area contributed by atoms with Crippen molar-refractivity contribution in [3.63, 3.8) is 0 Å². The molecule has 4 rings (SSSR count). The Kier molecular flexibility index (Phi) is 6.57. The van der Waals surface area contributed by atoms with Crippen LogP contribution in [0.5, 0.6) is 0 Å². The number of anilines is 3. The molecule has 0 bridgehead atoms. The smallest absolute Gasteiger partial charge is 0.308 e. The number of carbonyl (C=O) groups is 2. The molecular weight excluding hydrogens is 442 g/mol. The summed E-state index contributed by atoms with van der Waals surface area (Å²) in [7, 11) is -3.52. The van der Waals surface area contributed by atoms with E-state index in [9.17, 15) is 18.0 Å². The molecule has 0 aliphatic heterocycles. The van der Waals surface area contributed by atoms with Crippen LogP contribution >= 0.6 is 0 Å². The molecule has 1 saturated carbocycles. The Bertz CT molecular complexity index is 1230. The van der Waals surface area contributed by atoms with E-state index in [-0.39, 0.29) is 16.8 Å². The Morgan fingerprint density at radius 1 is 0.727 bits per heavy atom. The van der Waals surface area contributed by atoms with Crippen molar-refractivity contribution >= 4 is 39.0 Å². The molecule has 9 nitrogen and oxygen atoms in total. The maximum Gasteiger partial charge on any atom is 0.323 e. The second-order valence-corrected chi connectivity index (χ2v) is 9.24. The molecular formula is C23H23N5O4S. The fourth-order valence-corrected chi connectivity index (χ4v) is 4.23. The van der Waals surface area contributed by atoms with Gasteiger partial charge in [-0.1, -0.05) is 18.2 Å². The topological polar surface area (TPSA) is 128 Å². The van der Waals surface area contributed by atoms with Gasteiger partial charge in [-0.3, -0.25) is 15.6 Å². The minimum absolute atomic E-state index is 0.0342. The van der Waals surface area contributed by atoms with E-state index in [1.807, 2.05) is 18.2 Å². The van der Waals surface area contributed by atoms with Crippen LogP contribution < -0.4 is 26.2 Å². The van der Waals surface area contributed by atoms with Crippen LogP contribution in [0.4, 0.5) is 21.9 Å². The van der Waals surface area contributed by atoms with Crippen molar-refractivity contribution in [1.82, 2.24) is 10.1 Å². The van der Waals surface area contributed by atoms with Gasteiger partial charge in [0, 0.05) is 23.0 Å². The molecule has 1 aliphatic carbocycles. The SMILES string of the molecule is O=C(Nc1ccccc1)Nc1ccc(C(=O)NNc2ccc(S(=O)(=O)NC3CC3)cc2)cc1. The molecule has 0 radical (unpaired) electrons. The van der Waals surface area contributed by atoms with E-state index in [0.717, 1.165) is 12.8 Å². The molecule has 0 atom stereocenters. The zero-order valence-corrected chi connectivity index (χ0v) is 18.4. The van der Waals surface area contributed by atoms with E-state index in [2.05, 4.69) is 26.2 Å². The molecule has 5 N–H and O–H groups in total. The number of hydrazine groups is 1. The number of hydrogen-bond acceptors (Lipinski definition) is 5. The molecule has 1 fully saturated rings. The van der Waals surface area contributed by atoms with Gasteiger partial charge in [-0.25, -0.2) is 17.9 Å². The molecule has 3 aromatic rings. The highest BCUT2D eigenvalue weighted by Crippen LogP contribution is 2.22. The van der Waals surface area contributed by atoms with E-state index >= 15 is 0 Å². The number of urea groups is 1. The highest BCUT2D eigenvalue weighted by Gasteiger charge is 2.27.